The lowest BCUT2D eigenvalue weighted by Crippen LogP contribution is -2.38. The van der Waals surface area contributed by atoms with E-state index in [1.807, 2.05) is 0 Å². The third-order valence-electron chi connectivity index (χ3n) is 4.44. The van der Waals surface area contributed by atoms with Crippen molar-refractivity contribution in [1.82, 2.24) is 15.6 Å². The number of carbonyl (C=O) groups excluding carboxylic acids is 4. The molecule has 10 nitrogen and oxygen atoms in total. The zero-order valence-electron chi connectivity index (χ0n) is 20.5. The van der Waals surface area contributed by atoms with Crippen LogP contribution in [0.4, 0.5) is 4.79 Å². The first-order chi connectivity index (χ1) is 16.5. The van der Waals surface area contributed by atoms with Gasteiger partial charge in [-0.2, -0.15) is 0 Å². The molecular formula is C25H31N3O7. The van der Waals surface area contributed by atoms with Gasteiger partial charge in [0.15, 0.2) is 12.4 Å². The Labute approximate surface area is 204 Å². The van der Waals surface area contributed by atoms with Crippen LogP contribution >= 0.6 is 0 Å². The Bertz CT molecular complexity index is 1030. The van der Waals surface area contributed by atoms with Crippen molar-refractivity contribution in [3.63, 3.8) is 0 Å². The van der Waals surface area contributed by atoms with Crippen molar-refractivity contribution < 1.29 is 33.4 Å². The number of benzene rings is 1. The third-order valence-corrected chi connectivity index (χ3v) is 4.44. The maximum absolute atomic E-state index is 12.7. The fraction of sp³-hybridized carbons (Fsp3) is 0.400. The van der Waals surface area contributed by atoms with Crippen molar-refractivity contribution in [2.24, 2.45) is 0 Å². The van der Waals surface area contributed by atoms with Gasteiger partial charge in [0, 0.05) is 11.8 Å². The number of carbonyl (C=O) groups is 4. The molecule has 0 saturated heterocycles. The summed E-state index contributed by atoms with van der Waals surface area (Å²) in [4.78, 5) is 52.5. The molecular weight excluding hydrogens is 454 g/mol. The van der Waals surface area contributed by atoms with Crippen LogP contribution in [0.15, 0.2) is 42.6 Å². The Balaban J connectivity index is 1.86. The number of pyridine rings is 1. The number of aromatic nitrogens is 1. The topological polar surface area (TPSA) is 133 Å². The number of amides is 2. The molecule has 0 spiro atoms. The summed E-state index contributed by atoms with van der Waals surface area (Å²) in [7, 11) is 0. The lowest BCUT2D eigenvalue weighted by molar-refractivity contribution is -0.145. The van der Waals surface area contributed by atoms with Crippen molar-refractivity contribution in [3.8, 4) is 5.75 Å². The number of hydrogen-bond donors (Lipinski definition) is 2. The van der Waals surface area contributed by atoms with E-state index in [2.05, 4.69) is 15.6 Å². The van der Waals surface area contributed by atoms with Gasteiger partial charge < -0.3 is 24.8 Å². The van der Waals surface area contributed by atoms with Gasteiger partial charge in [0.25, 0.3) is 5.91 Å². The molecule has 1 unspecified atom stereocenters. The van der Waals surface area contributed by atoms with Crippen LogP contribution in [-0.4, -0.2) is 53.6 Å². The molecule has 0 radical (unpaired) electrons. The van der Waals surface area contributed by atoms with Crippen LogP contribution in [-0.2, 0) is 20.8 Å². The quantitative estimate of drug-likeness (QED) is 0.388. The molecule has 0 aliphatic rings. The summed E-state index contributed by atoms with van der Waals surface area (Å²) in [5.41, 5.74) is 0.589. The zero-order chi connectivity index (χ0) is 26.0. The standard InChI is InChI=1S/C25H31N3O7/c1-6-33-21(29)15-34-20-11-8-17(9-12-20)22(30)16(2)28-23(31)18-7-10-19(26-13-18)14-27-24(32)35-25(3,4)5/h7-13,16H,6,14-15H2,1-5H3,(H,27,32)(H,28,31). The molecule has 1 heterocycles. The number of Topliss-reactive ketones (excluding diaryl/α,β-unsaturated/α-hetero) is 1. The molecule has 0 aliphatic carbocycles. The van der Waals surface area contributed by atoms with Crippen molar-refractivity contribution in [3.05, 3.63) is 59.4 Å². The summed E-state index contributed by atoms with van der Waals surface area (Å²) in [6.45, 7) is 8.77. The molecule has 10 heteroatoms. The van der Waals surface area contributed by atoms with Crippen LogP contribution < -0.4 is 15.4 Å². The minimum atomic E-state index is -0.790. The summed E-state index contributed by atoms with van der Waals surface area (Å²) in [5.74, 6) is -0.815. The summed E-state index contributed by atoms with van der Waals surface area (Å²) in [5, 5.41) is 5.24. The molecule has 0 aliphatic heterocycles. The van der Waals surface area contributed by atoms with Gasteiger partial charge in [-0.1, -0.05) is 0 Å². The number of nitrogens with one attached hydrogen (secondary N) is 2. The van der Waals surface area contributed by atoms with Crippen molar-refractivity contribution in [1.29, 1.82) is 0 Å². The van der Waals surface area contributed by atoms with Crippen molar-refractivity contribution in [2.45, 2.75) is 52.8 Å². The maximum Gasteiger partial charge on any atom is 0.407 e. The molecule has 1 aromatic carbocycles. The van der Waals surface area contributed by atoms with Gasteiger partial charge >= 0.3 is 12.1 Å². The predicted octanol–water partition coefficient (Wildman–Crippen LogP) is 3.05. The average Bonchev–Trinajstić information content (AvgIpc) is 2.80. The maximum atomic E-state index is 12.7. The largest absolute Gasteiger partial charge is 0.482 e. The molecule has 2 N–H and O–H groups in total. The van der Waals surface area contributed by atoms with Crippen LogP contribution in [0.2, 0.25) is 0 Å². The third kappa shape index (κ3) is 9.44. The molecule has 35 heavy (non-hydrogen) atoms. The van der Waals surface area contributed by atoms with Crippen molar-refractivity contribution >= 4 is 23.8 Å². The number of ether oxygens (including phenoxy) is 3. The van der Waals surface area contributed by atoms with Crippen LogP contribution in [0, 0.1) is 0 Å². The van der Waals surface area contributed by atoms with E-state index in [9.17, 15) is 19.2 Å². The second-order valence-electron chi connectivity index (χ2n) is 8.57. The number of rotatable bonds is 10. The van der Waals surface area contributed by atoms with Crippen LogP contribution in [0.25, 0.3) is 0 Å². The number of nitrogens with zero attached hydrogens (tertiary/aromatic N) is 1. The average molecular weight is 486 g/mol. The van der Waals surface area contributed by atoms with E-state index < -0.39 is 29.6 Å². The van der Waals surface area contributed by atoms with E-state index in [1.165, 1.54) is 6.20 Å². The van der Waals surface area contributed by atoms with Crippen molar-refractivity contribution in [2.75, 3.05) is 13.2 Å². The molecule has 0 saturated carbocycles. The lowest BCUT2D eigenvalue weighted by atomic mass is 10.0. The van der Waals surface area contributed by atoms with Gasteiger partial charge in [-0.15, -0.1) is 0 Å². The summed E-state index contributed by atoms with van der Waals surface area (Å²) < 4.78 is 15.3. The van der Waals surface area contributed by atoms with Gasteiger partial charge in [-0.05, 0) is 71.0 Å². The second-order valence-corrected chi connectivity index (χ2v) is 8.57. The number of ketones is 1. The molecule has 2 aromatic rings. The van der Waals surface area contributed by atoms with Gasteiger partial charge in [0.05, 0.1) is 30.5 Å². The Morgan fingerprint density at radius 2 is 1.66 bits per heavy atom. The van der Waals surface area contributed by atoms with Crippen LogP contribution in [0.3, 0.4) is 0 Å². The molecule has 188 valence electrons. The van der Waals surface area contributed by atoms with Crippen LogP contribution in [0.5, 0.6) is 5.75 Å². The fourth-order valence-electron chi connectivity index (χ4n) is 2.80. The highest BCUT2D eigenvalue weighted by molar-refractivity contribution is 6.04. The Morgan fingerprint density at radius 1 is 1.00 bits per heavy atom. The lowest BCUT2D eigenvalue weighted by Gasteiger charge is -2.19. The van der Waals surface area contributed by atoms with Gasteiger partial charge in [-0.3, -0.25) is 14.6 Å². The molecule has 2 rings (SSSR count). The molecule has 0 bridgehead atoms. The number of hydrogen-bond acceptors (Lipinski definition) is 8. The van der Waals surface area contributed by atoms with Gasteiger partial charge in [0.2, 0.25) is 0 Å². The molecule has 2 amide bonds. The molecule has 1 atom stereocenters. The second kappa shape index (κ2) is 12.5. The van der Waals surface area contributed by atoms with E-state index in [4.69, 9.17) is 14.2 Å². The molecule has 0 fully saturated rings. The summed E-state index contributed by atoms with van der Waals surface area (Å²) in [6, 6.07) is 8.61. The first-order valence-corrected chi connectivity index (χ1v) is 11.1. The summed E-state index contributed by atoms with van der Waals surface area (Å²) in [6.07, 6.45) is 0.806. The van der Waals surface area contributed by atoms with E-state index in [-0.39, 0.29) is 31.1 Å². The van der Waals surface area contributed by atoms with E-state index in [1.54, 1.807) is 71.0 Å². The smallest absolute Gasteiger partial charge is 0.407 e. The highest BCUT2D eigenvalue weighted by Crippen LogP contribution is 2.14. The fourth-order valence-corrected chi connectivity index (χ4v) is 2.80. The monoisotopic (exact) mass is 485 g/mol. The molecule has 1 aromatic heterocycles. The first-order valence-electron chi connectivity index (χ1n) is 11.1. The number of alkyl carbamates (subject to hydrolysis) is 1. The number of esters is 1. The summed E-state index contributed by atoms with van der Waals surface area (Å²) >= 11 is 0. The normalized spacial score (nSPS) is 11.7. The van der Waals surface area contributed by atoms with E-state index in [0.29, 0.717) is 17.0 Å². The zero-order valence-corrected chi connectivity index (χ0v) is 20.5. The Kier molecular flexibility index (Phi) is 9.74. The Morgan fingerprint density at radius 3 is 2.23 bits per heavy atom. The first kappa shape index (κ1) is 27.3. The SMILES string of the molecule is CCOC(=O)COc1ccc(C(=O)C(C)NC(=O)c2ccc(CNC(=O)OC(C)(C)C)nc2)cc1. The van der Waals surface area contributed by atoms with E-state index >= 15 is 0 Å². The predicted molar refractivity (Wildman–Crippen MR) is 127 cm³/mol. The Hall–Kier alpha value is -3.95. The minimum Gasteiger partial charge on any atom is -0.482 e. The van der Waals surface area contributed by atoms with E-state index in [0.717, 1.165) is 0 Å². The van der Waals surface area contributed by atoms with Crippen LogP contribution in [0.1, 0.15) is 61.0 Å². The van der Waals surface area contributed by atoms with Gasteiger partial charge in [0.1, 0.15) is 11.4 Å². The highest BCUT2D eigenvalue weighted by Gasteiger charge is 2.19. The minimum absolute atomic E-state index is 0.144. The van der Waals surface area contributed by atoms with Gasteiger partial charge in [-0.25, -0.2) is 9.59 Å². The highest BCUT2D eigenvalue weighted by atomic mass is 16.6.